The van der Waals surface area contributed by atoms with Gasteiger partial charge in [-0.1, -0.05) is 103 Å². The van der Waals surface area contributed by atoms with Crippen molar-refractivity contribution in [3.8, 4) is 0 Å². The first-order chi connectivity index (χ1) is 23.4. The van der Waals surface area contributed by atoms with Gasteiger partial charge in [-0.3, -0.25) is 13.9 Å². The van der Waals surface area contributed by atoms with Crippen LogP contribution in [0.3, 0.4) is 0 Å². The van der Waals surface area contributed by atoms with Gasteiger partial charge < -0.3 is 10.2 Å². The van der Waals surface area contributed by atoms with E-state index in [1.54, 1.807) is 54.6 Å². The fourth-order valence-electron chi connectivity index (χ4n) is 6.39. The van der Waals surface area contributed by atoms with Gasteiger partial charge in [-0.05, 0) is 92.3 Å². The van der Waals surface area contributed by atoms with Gasteiger partial charge in [0, 0.05) is 19.0 Å². The lowest BCUT2D eigenvalue weighted by Crippen LogP contribution is -2.55. The van der Waals surface area contributed by atoms with E-state index >= 15 is 0 Å². The summed E-state index contributed by atoms with van der Waals surface area (Å²) in [5.41, 5.74) is 4.52. The molecule has 1 aliphatic rings. The minimum Gasteiger partial charge on any atom is -0.352 e. The van der Waals surface area contributed by atoms with Crippen LogP contribution < -0.4 is 9.62 Å². The SMILES string of the molecule is Cc1ccc(S(=O)(=O)N(CC(=O)N(Cc2ccc(Cl)c(Cl)c2)[C@H](Cc2ccccc2)C(=O)NC2CCCCC2)c2cc(C)cc(C)c2)cc1. The molecule has 1 N–H and O–H groups in total. The molecule has 0 spiro atoms. The standard InChI is InChI=1S/C39H43Cl2N3O4S/c1-27-14-17-34(18-15-27)49(47,48)44(33-21-28(2)20-29(3)22-33)26-38(45)43(25-31-16-19-35(40)36(41)23-31)37(24-30-10-6-4-7-11-30)39(46)42-32-12-8-5-9-13-32/h4,6-7,10-11,14-23,32,37H,5,8-9,12-13,24-26H2,1-3H3,(H,42,46)/t37-/m1/s1. The number of rotatable bonds is 12. The van der Waals surface area contributed by atoms with Crippen molar-refractivity contribution < 1.29 is 18.0 Å². The molecule has 1 atom stereocenters. The molecule has 1 fully saturated rings. The Morgan fingerprint density at radius 1 is 0.776 bits per heavy atom. The second kappa shape index (κ2) is 16.2. The molecular weight excluding hydrogens is 677 g/mol. The average molecular weight is 721 g/mol. The van der Waals surface area contributed by atoms with Crippen LogP contribution in [0, 0.1) is 20.8 Å². The molecular formula is C39H43Cl2N3O4S. The summed E-state index contributed by atoms with van der Waals surface area (Å²) in [5, 5.41) is 3.91. The number of carbonyl (C=O) groups excluding carboxylic acids is 2. The number of hydrogen-bond donors (Lipinski definition) is 1. The summed E-state index contributed by atoms with van der Waals surface area (Å²) in [5.74, 6) is -0.802. The van der Waals surface area contributed by atoms with Crippen molar-refractivity contribution in [2.24, 2.45) is 0 Å². The van der Waals surface area contributed by atoms with Gasteiger partial charge in [-0.25, -0.2) is 8.42 Å². The number of benzene rings is 4. The van der Waals surface area contributed by atoms with Crippen molar-refractivity contribution in [2.75, 3.05) is 10.8 Å². The van der Waals surface area contributed by atoms with Crippen LogP contribution in [-0.4, -0.2) is 43.8 Å². The van der Waals surface area contributed by atoms with Gasteiger partial charge in [-0.2, -0.15) is 0 Å². The first kappa shape index (κ1) is 36.4. The molecule has 0 aromatic heterocycles. The van der Waals surface area contributed by atoms with E-state index < -0.39 is 28.5 Å². The third-order valence-electron chi connectivity index (χ3n) is 8.94. The third-order valence-corrected chi connectivity index (χ3v) is 11.5. The fourth-order valence-corrected chi connectivity index (χ4v) is 8.11. The molecule has 258 valence electrons. The average Bonchev–Trinajstić information content (AvgIpc) is 3.07. The molecule has 1 aliphatic carbocycles. The monoisotopic (exact) mass is 719 g/mol. The number of carbonyl (C=O) groups is 2. The molecule has 4 aromatic rings. The van der Waals surface area contributed by atoms with E-state index in [2.05, 4.69) is 5.32 Å². The number of halogens is 2. The fraction of sp³-hybridized carbons (Fsp3) is 0.333. The third kappa shape index (κ3) is 9.44. The second-order valence-electron chi connectivity index (χ2n) is 13.0. The zero-order chi connectivity index (χ0) is 35.1. The molecule has 0 saturated heterocycles. The van der Waals surface area contributed by atoms with Crippen molar-refractivity contribution in [3.05, 3.63) is 129 Å². The van der Waals surface area contributed by atoms with E-state index in [9.17, 15) is 18.0 Å². The maximum Gasteiger partial charge on any atom is 0.264 e. The van der Waals surface area contributed by atoms with E-state index in [0.29, 0.717) is 21.3 Å². The minimum atomic E-state index is -4.20. The van der Waals surface area contributed by atoms with Gasteiger partial charge >= 0.3 is 0 Å². The van der Waals surface area contributed by atoms with Gasteiger partial charge in [0.15, 0.2) is 0 Å². The highest BCUT2D eigenvalue weighted by atomic mass is 35.5. The number of anilines is 1. The van der Waals surface area contributed by atoms with Crippen LogP contribution in [0.1, 0.15) is 59.9 Å². The molecule has 0 bridgehead atoms. The van der Waals surface area contributed by atoms with Crippen molar-refractivity contribution in [2.45, 2.75) is 82.8 Å². The molecule has 10 heteroatoms. The second-order valence-corrected chi connectivity index (χ2v) is 15.7. The lowest BCUT2D eigenvalue weighted by molar-refractivity contribution is -0.140. The maximum atomic E-state index is 14.8. The summed E-state index contributed by atoms with van der Waals surface area (Å²) >= 11 is 12.6. The maximum absolute atomic E-state index is 14.8. The van der Waals surface area contributed by atoms with E-state index in [1.807, 2.05) is 57.2 Å². The summed E-state index contributed by atoms with van der Waals surface area (Å²) in [4.78, 5) is 30.6. The number of sulfonamides is 1. The zero-order valence-electron chi connectivity index (χ0n) is 28.2. The van der Waals surface area contributed by atoms with Gasteiger partial charge in [0.05, 0.1) is 20.6 Å². The summed E-state index contributed by atoms with van der Waals surface area (Å²) < 4.78 is 29.9. The summed E-state index contributed by atoms with van der Waals surface area (Å²) in [6.07, 6.45) is 5.18. The minimum absolute atomic E-state index is 0.00938. The number of hydrogen-bond acceptors (Lipinski definition) is 4. The molecule has 5 rings (SSSR count). The van der Waals surface area contributed by atoms with E-state index in [4.69, 9.17) is 23.2 Å². The first-order valence-corrected chi connectivity index (χ1v) is 18.9. The summed E-state index contributed by atoms with van der Waals surface area (Å²) in [6, 6.07) is 25.7. The van der Waals surface area contributed by atoms with Crippen LogP contribution in [0.25, 0.3) is 0 Å². The Morgan fingerprint density at radius 2 is 1.43 bits per heavy atom. The number of aryl methyl sites for hydroxylation is 3. The lowest BCUT2D eigenvalue weighted by atomic mass is 9.94. The molecule has 4 aromatic carbocycles. The number of amides is 2. The molecule has 2 amide bonds. The van der Waals surface area contributed by atoms with Crippen LogP contribution in [0.15, 0.2) is 95.9 Å². The van der Waals surface area contributed by atoms with Gasteiger partial charge in [0.1, 0.15) is 12.6 Å². The lowest BCUT2D eigenvalue weighted by Gasteiger charge is -2.35. The smallest absolute Gasteiger partial charge is 0.264 e. The van der Waals surface area contributed by atoms with Crippen molar-refractivity contribution in [1.82, 2.24) is 10.2 Å². The molecule has 0 unspecified atom stereocenters. The number of nitrogens with zero attached hydrogens (tertiary/aromatic N) is 2. The highest BCUT2D eigenvalue weighted by Gasteiger charge is 2.35. The van der Waals surface area contributed by atoms with Gasteiger partial charge in [-0.15, -0.1) is 0 Å². The normalized spacial score (nSPS) is 14.2. The van der Waals surface area contributed by atoms with Gasteiger partial charge in [0.2, 0.25) is 11.8 Å². The van der Waals surface area contributed by atoms with Crippen molar-refractivity contribution in [1.29, 1.82) is 0 Å². The quantitative estimate of drug-likeness (QED) is 0.160. The van der Waals surface area contributed by atoms with Crippen LogP contribution in [-0.2, 0) is 32.6 Å². The van der Waals surface area contributed by atoms with Crippen LogP contribution >= 0.6 is 23.2 Å². The summed E-state index contributed by atoms with van der Waals surface area (Å²) in [7, 11) is -4.20. The highest BCUT2D eigenvalue weighted by molar-refractivity contribution is 7.92. The zero-order valence-corrected chi connectivity index (χ0v) is 30.5. The predicted molar refractivity (Wildman–Crippen MR) is 198 cm³/mol. The largest absolute Gasteiger partial charge is 0.352 e. The Labute approximate surface area is 300 Å². The van der Waals surface area contributed by atoms with Crippen molar-refractivity contribution in [3.63, 3.8) is 0 Å². The van der Waals surface area contributed by atoms with Gasteiger partial charge in [0.25, 0.3) is 10.0 Å². The Bertz CT molecular complexity index is 1860. The first-order valence-electron chi connectivity index (χ1n) is 16.7. The Kier molecular flexibility index (Phi) is 12.1. The topological polar surface area (TPSA) is 86.8 Å². The number of nitrogens with one attached hydrogen (secondary N) is 1. The van der Waals surface area contributed by atoms with E-state index in [0.717, 1.165) is 58.7 Å². The predicted octanol–water partition coefficient (Wildman–Crippen LogP) is 8.20. The Balaban J connectivity index is 1.59. The highest BCUT2D eigenvalue weighted by Crippen LogP contribution is 2.29. The summed E-state index contributed by atoms with van der Waals surface area (Å²) in [6.45, 7) is 5.14. The molecule has 0 radical (unpaired) electrons. The Hall–Kier alpha value is -3.85. The molecule has 1 saturated carbocycles. The Morgan fingerprint density at radius 3 is 2.06 bits per heavy atom. The van der Waals surface area contributed by atoms with Crippen LogP contribution in [0.2, 0.25) is 10.0 Å². The molecule has 0 aliphatic heterocycles. The van der Waals surface area contributed by atoms with E-state index in [-0.39, 0.29) is 29.8 Å². The molecule has 0 heterocycles. The molecule has 7 nitrogen and oxygen atoms in total. The van der Waals surface area contributed by atoms with Crippen LogP contribution in [0.4, 0.5) is 5.69 Å². The van der Waals surface area contributed by atoms with E-state index in [1.165, 1.54) is 4.90 Å². The van der Waals surface area contributed by atoms with Crippen LogP contribution in [0.5, 0.6) is 0 Å². The molecule has 49 heavy (non-hydrogen) atoms. The van der Waals surface area contributed by atoms with Crippen molar-refractivity contribution >= 4 is 50.7 Å².